The van der Waals surface area contributed by atoms with Crippen LogP contribution in [0.5, 0.6) is 0 Å². The van der Waals surface area contributed by atoms with Crippen LogP contribution in [0.3, 0.4) is 0 Å². The van der Waals surface area contributed by atoms with E-state index in [-0.39, 0.29) is 0 Å². The molecule has 0 bridgehead atoms. The highest BCUT2D eigenvalue weighted by atomic mass is 35.7. The van der Waals surface area contributed by atoms with Gasteiger partial charge in [-0.05, 0) is 0 Å². The van der Waals surface area contributed by atoms with Gasteiger partial charge in [-0.3, -0.25) is 4.55 Å². The summed E-state index contributed by atoms with van der Waals surface area (Å²) in [7, 11) is -0.137. The lowest BCUT2D eigenvalue weighted by molar-refractivity contribution is 0.501. The molecular weight excluding hydrogens is 234 g/mol. The Balaban J connectivity index is 0. The fourth-order valence-corrected chi connectivity index (χ4v) is 0. The molecule has 0 aromatic heterocycles. The molecule has 8 heteroatoms. The van der Waals surface area contributed by atoms with Gasteiger partial charge in [-0.1, -0.05) is 34.8 Å². The summed E-state index contributed by atoms with van der Waals surface area (Å²) in [6.45, 7) is 0. The molecule has 0 amide bonds. The van der Waals surface area contributed by atoms with Gasteiger partial charge in [0, 0.05) is 10.7 Å². The van der Waals surface area contributed by atoms with Crippen LogP contribution in [0.2, 0.25) is 0 Å². The Morgan fingerprint density at radius 2 is 1.22 bits per heavy atom. The van der Waals surface area contributed by atoms with Gasteiger partial charge in [0.05, 0.1) is 0 Å². The van der Waals surface area contributed by atoms with Crippen molar-refractivity contribution in [2.24, 2.45) is 0 Å². The minimum Gasteiger partial charge on any atom is -0.273 e. The molecule has 0 fully saturated rings. The van der Waals surface area contributed by atoms with Crippen LogP contribution >= 0.6 is 45.5 Å². The first-order chi connectivity index (χ1) is 3.73. The quantitative estimate of drug-likeness (QED) is 0.397. The first-order valence-corrected chi connectivity index (χ1v) is 4.90. The van der Waals surface area contributed by atoms with Gasteiger partial charge in [-0.15, -0.1) is 0 Å². The zero-order valence-electron chi connectivity index (χ0n) is 3.76. The Labute approximate surface area is 72.1 Å². The smallest absolute Gasteiger partial charge is 0.273 e. The molecule has 0 spiro atoms. The van der Waals surface area contributed by atoms with Crippen LogP contribution in [0.1, 0.15) is 0 Å². The fourth-order valence-electron chi connectivity index (χ4n) is 0. The molecule has 0 heterocycles. The predicted octanol–water partition coefficient (Wildman–Crippen LogP) is 2.01. The fraction of sp³-hybridized carbons (Fsp3) is 1.00. The van der Waals surface area contributed by atoms with Gasteiger partial charge in [0.25, 0.3) is 0 Å². The molecule has 0 aliphatic heterocycles. The Hall–Kier alpha value is 1.07. The third-order valence-corrected chi connectivity index (χ3v) is 0. The van der Waals surface area contributed by atoms with E-state index in [0.717, 1.165) is 0 Å². The molecule has 0 rings (SSSR count). The lowest BCUT2D eigenvalue weighted by Gasteiger charge is -1.69. The highest BCUT2D eigenvalue weighted by Crippen LogP contribution is 2.03. The van der Waals surface area contributed by atoms with Crippen molar-refractivity contribution in [2.75, 3.05) is 0 Å². The maximum Gasteiger partial charge on any atom is 0.353 e. The van der Waals surface area contributed by atoms with E-state index in [1.807, 2.05) is 0 Å². The Bertz CT molecular complexity index is 127. The van der Waals surface area contributed by atoms with E-state index >= 15 is 0 Å². The van der Waals surface area contributed by atoms with Gasteiger partial charge in [-0.25, -0.2) is 0 Å². The molecule has 0 aromatic rings. The standard InChI is InChI=1S/CHCl3.ClHO3S/c2-1(3)4;1-5(2,3)4/h1H;(H,2,3,4). The lowest BCUT2D eigenvalue weighted by atomic mass is 11.9. The molecular formula is CH2Cl4O3S. The largest absolute Gasteiger partial charge is 0.353 e. The van der Waals surface area contributed by atoms with Crippen LogP contribution in [-0.2, 0) is 9.33 Å². The van der Waals surface area contributed by atoms with Crippen molar-refractivity contribution in [3.63, 3.8) is 0 Å². The van der Waals surface area contributed by atoms with Crippen molar-refractivity contribution in [2.45, 2.75) is 4.30 Å². The van der Waals surface area contributed by atoms with Crippen LogP contribution < -0.4 is 0 Å². The van der Waals surface area contributed by atoms with Gasteiger partial charge in [0.15, 0.2) is 4.30 Å². The molecule has 1 N–H and O–H groups in total. The zero-order valence-corrected chi connectivity index (χ0v) is 7.60. The SMILES string of the molecule is ClC(Cl)Cl.O=S(=O)(O)Cl. The van der Waals surface area contributed by atoms with Gasteiger partial charge in [0.1, 0.15) is 0 Å². The first-order valence-electron chi connectivity index (χ1n) is 1.32. The molecule has 3 nitrogen and oxygen atoms in total. The first kappa shape index (κ1) is 12.7. The van der Waals surface area contributed by atoms with Crippen LogP contribution in [0.15, 0.2) is 0 Å². The maximum absolute atomic E-state index is 8.95. The minimum absolute atomic E-state index is 0.750. The average molecular weight is 236 g/mol. The predicted molar refractivity (Wildman–Crippen MR) is 38.7 cm³/mol. The molecule has 0 radical (unpaired) electrons. The summed E-state index contributed by atoms with van der Waals surface area (Å²) in [5, 5.41) is 0. The normalized spacial score (nSPS) is 10.4. The van der Waals surface area contributed by atoms with Gasteiger partial charge in [-0.2, -0.15) is 8.42 Å². The van der Waals surface area contributed by atoms with E-state index in [2.05, 4.69) is 10.7 Å². The molecule has 0 atom stereocenters. The van der Waals surface area contributed by atoms with Gasteiger partial charge in [0.2, 0.25) is 0 Å². The van der Waals surface area contributed by atoms with Crippen molar-refractivity contribution >= 4 is 54.8 Å². The van der Waals surface area contributed by atoms with Crippen LogP contribution in [0, 0.1) is 0 Å². The summed E-state index contributed by atoms with van der Waals surface area (Å²) >= 11 is 14.4. The zero-order chi connectivity index (χ0) is 8.08. The van der Waals surface area contributed by atoms with Crippen LogP contribution in [-0.4, -0.2) is 17.3 Å². The van der Waals surface area contributed by atoms with Gasteiger partial charge < -0.3 is 0 Å². The number of hydrogen-bond acceptors (Lipinski definition) is 2. The number of alkyl halides is 3. The van der Waals surface area contributed by atoms with Crippen LogP contribution in [0.4, 0.5) is 0 Å². The Morgan fingerprint density at radius 1 is 1.22 bits per heavy atom. The second-order valence-corrected chi connectivity index (χ2v) is 4.63. The van der Waals surface area contributed by atoms with Crippen molar-refractivity contribution < 1.29 is 13.0 Å². The summed E-state index contributed by atoms with van der Waals surface area (Å²) in [6, 6.07) is 0. The van der Waals surface area contributed by atoms with Crippen molar-refractivity contribution in [1.82, 2.24) is 0 Å². The average Bonchev–Trinajstić information content (AvgIpc) is 1.19. The number of halogens is 4. The summed E-state index contributed by atoms with van der Waals surface area (Å²) in [6.07, 6.45) is 0. The minimum atomic E-state index is -4.19. The van der Waals surface area contributed by atoms with E-state index in [1.54, 1.807) is 0 Å². The van der Waals surface area contributed by atoms with E-state index in [0.29, 0.717) is 0 Å². The molecule has 0 unspecified atom stereocenters. The molecule has 0 saturated carbocycles. The van der Waals surface area contributed by atoms with Crippen molar-refractivity contribution in [1.29, 1.82) is 0 Å². The van der Waals surface area contributed by atoms with E-state index in [1.165, 1.54) is 0 Å². The van der Waals surface area contributed by atoms with E-state index < -0.39 is 13.6 Å². The molecule has 0 aliphatic rings. The van der Waals surface area contributed by atoms with E-state index in [4.69, 9.17) is 47.8 Å². The third kappa shape index (κ3) is 396. The Kier molecular flexibility index (Phi) is 8.23. The summed E-state index contributed by atoms with van der Waals surface area (Å²) in [4.78, 5) is 0. The second-order valence-electron chi connectivity index (χ2n) is 0.660. The monoisotopic (exact) mass is 234 g/mol. The summed E-state index contributed by atoms with van der Waals surface area (Å²) in [5.74, 6) is 0. The van der Waals surface area contributed by atoms with Crippen LogP contribution in [0.25, 0.3) is 0 Å². The molecule has 58 valence electrons. The summed E-state index contributed by atoms with van der Waals surface area (Å²) in [5.41, 5.74) is 0. The second kappa shape index (κ2) is 5.82. The van der Waals surface area contributed by atoms with Crippen molar-refractivity contribution in [3.8, 4) is 0 Å². The number of rotatable bonds is 0. The Morgan fingerprint density at radius 3 is 1.22 bits per heavy atom. The maximum atomic E-state index is 8.95. The third-order valence-electron chi connectivity index (χ3n) is 0. The topological polar surface area (TPSA) is 54.4 Å². The molecule has 0 aromatic carbocycles. The van der Waals surface area contributed by atoms with Crippen molar-refractivity contribution in [3.05, 3.63) is 0 Å². The lowest BCUT2D eigenvalue weighted by Crippen LogP contribution is -1.77. The number of hydrogen-bond donors (Lipinski definition) is 1. The molecule has 9 heavy (non-hydrogen) atoms. The highest BCUT2D eigenvalue weighted by molar-refractivity contribution is 8.09. The van der Waals surface area contributed by atoms with Gasteiger partial charge >= 0.3 is 9.33 Å². The summed E-state index contributed by atoms with van der Waals surface area (Å²) < 4.78 is 24.4. The highest BCUT2D eigenvalue weighted by Gasteiger charge is 1.86. The van der Waals surface area contributed by atoms with E-state index in [9.17, 15) is 0 Å². The molecule has 0 saturated heterocycles. The molecule has 0 aliphatic carbocycles.